The van der Waals surface area contributed by atoms with Crippen LogP contribution in [0.2, 0.25) is 0 Å². The molecule has 2 aromatic rings. The molecule has 0 aliphatic heterocycles. The van der Waals surface area contributed by atoms with Gasteiger partial charge in [0.05, 0.1) is 22.4 Å². The predicted molar refractivity (Wildman–Crippen MR) is 91.6 cm³/mol. The number of rotatable bonds is 7. The van der Waals surface area contributed by atoms with Crippen molar-refractivity contribution < 1.29 is 4.92 Å². The van der Waals surface area contributed by atoms with Gasteiger partial charge in [0.2, 0.25) is 0 Å². The van der Waals surface area contributed by atoms with Crippen molar-refractivity contribution in [2.24, 2.45) is 10.2 Å². The maximum absolute atomic E-state index is 10.6. The summed E-state index contributed by atoms with van der Waals surface area (Å²) in [6.07, 6.45) is 2.40. The lowest BCUT2D eigenvalue weighted by molar-refractivity contribution is -0.384. The van der Waals surface area contributed by atoms with E-state index in [2.05, 4.69) is 23.2 Å². The zero-order chi connectivity index (χ0) is 17.4. The van der Waals surface area contributed by atoms with Crippen LogP contribution >= 0.6 is 0 Å². The molecule has 0 bridgehead atoms. The minimum atomic E-state index is -0.448. The van der Waals surface area contributed by atoms with E-state index in [-0.39, 0.29) is 5.69 Å². The highest BCUT2D eigenvalue weighted by Gasteiger charge is 2.08. The minimum absolute atomic E-state index is 0.0290. The molecule has 6 nitrogen and oxygen atoms in total. The molecule has 6 heteroatoms. The van der Waals surface area contributed by atoms with Gasteiger partial charge in [-0.2, -0.15) is 15.5 Å². The molecule has 122 valence electrons. The van der Waals surface area contributed by atoms with Gasteiger partial charge in [0.15, 0.2) is 0 Å². The van der Waals surface area contributed by atoms with Gasteiger partial charge in [0, 0.05) is 18.6 Å². The van der Waals surface area contributed by atoms with Crippen LogP contribution in [0.5, 0.6) is 0 Å². The molecule has 0 spiro atoms. The average molecular weight is 322 g/mol. The Kier molecular flexibility index (Phi) is 6.15. The third-order valence-corrected chi connectivity index (χ3v) is 3.80. The maximum atomic E-state index is 10.6. The van der Waals surface area contributed by atoms with Crippen LogP contribution in [0.25, 0.3) is 0 Å². The summed E-state index contributed by atoms with van der Waals surface area (Å²) in [6.45, 7) is 2.12. The van der Waals surface area contributed by atoms with Crippen molar-refractivity contribution in [3.05, 3.63) is 64.2 Å². The zero-order valence-electron chi connectivity index (χ0n) is 13.4. The average Bonchev–Trinajstić information content (AvgIpc) is 2.62. The van der Waals surface area contributed by atoms with Crippen molar-refractivity contribution in [1.82, 2.24) is 0 Å². The molecule has 24 heavy (non-hydrogen) atoms. The summed E-state index contributed by atoms with van der Waals surface area (Å²) >= 11 is 0. The van der Waals surface area contributed by atoms with E-state index in [1.54, 1.807) is 12.1 Å². The molecule has 0 aromatic heterocycles. The lowest BCUT2D eigenvalue weighted by Crippen LogP contribution is -1.96. The molecule has 1 atom stereocenters. The number of hydrogen-bond donors (Lipinski definition) is 0. The van der Waals surface area contributed by atoms with E-state index in [0.717, 1.165) is 12.8 Å². The Morgan fingerprint density at radius 2 is 1.62 bits per heavy atom. The maximum Gasteiger partial charge on any atom is 0.269 e. The molecule has 2 rings (SSSR count). The number of nitro benzene ring substituents is 1. The van der Waals surface area contributed by atoms with E-state index in [9.17, 15) is 10.1 Å². The third kappa shape index (κ3) is 4.71. The highest BCUT2D eigenvalue weighted by Crippen LogP contribution is 2.27. The van der Waals surface area contributed by atoms with Crippen LogP contribution in [0.3, 0.4) is 0 Å². The van der Waals surface area contributed by atoms with Crippen LogP contribution in [0, 0.1) is 21.4 Å². The summed E-state index contributed by atoms with van der Waals surface area (Å²) in [5.41, 5.74) is 2.50. The summed E-state index contributed by atoms with van der Waals surface area (Å²) in [5, 5.41) is 27.5. The topological polar surface area (TPSA) is 91.7 Å². The lowest BCUT2D eigenvalue weighted by Gasteiger charge is -2.13. The second-order valence-electron chi connectivity index (χ2n) is 5.37. The molecule has 0 fully saturated rings. The third-order valence-electron chi connectivity index (χ3n) is 3.80. The smallest absolute Gasteiger partial charge is 0.258 e. The molecule has 0 aliphatic carbocycles. The van der Waals surface area contributed by atoms with Crippen molar-refractivity contribution >= 4 is 17.1 Å². The molecule has 0 amide bonds. The monoisotopic (exact) mass is 322 g/mol. The summed E-state index contributed by atoms with van der Waals surface area (Å²) in [5.74, 6) is 0.380. The normalized spacial score (nSPS) is 12.0. The van der Waals surface area contributed by atoms with Gasteiger partial charge in [0.25, 0.3) is 5.69 Å². The van der Waals surface area contributed by atoms with Crippen LogP contribution in [0.4, 0.5) is 17.1 Å². The number of nitriles is 1. The Morgan fingerprint density at radius 3 is 2.08 bits per heavy atom. The highest BCUT2D eigenvalue weighted by atomic mass is 16.6. The first-order valence-electron chi connectivity index (χ1n) is 7.77. The van der Waals surface area contributed by atoms with Gasteiger partial charge >= 0.3 is 0 Å². The van der Waals surface area contributed by atoms with Crippen LogP contribution in [-0.2, 0) is 0 Å². The fraction of sp³-hybridized carbons (Fsp3) is 0.278. The first-order chi connectivity index (χ1) is 11.6. The second-order valence-corrected chi connectivity index (χ2v) is 5.37. The first kappa shape index (κ1) is 17.3. The van der Waals surface area contributed by atoms with Gasteiger partial charge < -0.3 is 0 Å². The molecule has 0 radical (unpaired) electrons. The van der Waals surface area contributed by atoms with Crippen molar-refractivity contribution in [3.63, 3.8) is 0 Å². The Labute approximate surface area is 140 Å². The number of azo groups is 1. The van der Waals surface area contributed by atoms with Gasteiger partial charge in [-0.3, -0.25) is 10.1 Å². The van der Waals surface area contributed by atoms with Crippen LogP contribution in [0.15, 0.2) is 58.8 Å². The molecule has 1 unspecified atom stereocenters. The molecule has 2 aromatic carbocycles. The van der Waals surface area contributed by atoms with E-state index >= 15 is 0 Å². The van der Waals surface area contributed by atoms with Crippen molar-refractivity contribution in [2.45, 2.75) is 32.1 Å². The van der Waals surface area contributed by atoms with Gasteiger partial charge in [-0.1, -0.05) is 19.1 Å². The Bertz CT molecular complexity index is 746. The van der Waals surface area contributed by atoms with Crippen LogP contribution in [-0.4, -0.2) is 4.92 Å². The van der Waals surface area contributed by atoms with Crippen molar-refractivity contribution in [1.29, 1.82) is 5.26 Å². The molecule has 0 saturated heterocycles. The number of non-ortho nitro benzene ring substituents is 1. The minimum Gasteiger partial charge on any atom is -0.258 e. The number of hydrogen-bond acceptors (Lipinski definition) is 5. The van der Waals surface area contributed by atoms with Gasteiger partial charge in [-0.15, -0.1) is 0 Å². The molecular weight excluding hydrogens is 304 g/mol. The Hall–Kier alpha value is -3.07. The van der Waals surface area contributed by atoms with E-state index in [1.165, 1.54) is 17.7 Å². The summed E-state index contributed by atoms with van der Waals surface area (Å²) in [7, 11) is 0. The summed E-state index contributed by atoms with van der Waals surface area (Å²) < 4.78 is 0. The van der Waals surface area contributed by atoms with Crippen molar-refractivity contribution in [3.8, 4) is 6.07 Å². The first-order valence-corrected chi connectivity index (χ1v) is 7.77. The molecule has 0 N–H and O–H groups in total. The zero-order valence-corrected chi connectivity index (χ0v) is 13.4. The molecule has 0 heterocycles. The van der Waals surface area contributed by atoms with E-state index in [0.29, 0.717) is 23.7 Å². The largest absolute Gasteiger partial charge is 0.269 e. The van der Waals surface area contributed by atoms with E-state index in [1.807, 2.05) is 24.3 Å². The number of nitro groups is 1. The predicted octanol–water partition coefficient (Wildman–Crippen LogP) is 5.81. The molecule has 0 saturated carbocycles. The quantitative estimate of drug-likeness (QED) is 0.366. The fourth-order valence-corrected chi connectivity index (χ4v) is 2.41. The Balaban J connectivity index is 2.05. The molecular formula is C18H18N4O2. The van der Waals surface area contributed by atoms with Gasteiger partial charge in [-0.25, -0.2) is 0 Å². The van der Waals surface area contributed by atoms with E-state index in [4.69, 9.17) is 5.26 Å². The van der Waals surface area contributed by atoms with E-state index < -0.39 is 4.92 Å². The van der Waals surface area contributed by atoms with Crippen molar-refractivity contribution in [2.75, 3.05) is 0 Å². The highest BCUT2D eigenvalue weighted by molar-refractivity contribution is 5.45. The fourth-order valence-electron chi connectivity index (χ4n) is 2.41. The number of benzene rings is 2. The van der Waals surface area contributed by atoms with Crippen LogP contribution in [0.1, 0.15) is 37.7 Å². The second kappa shape index (κ2) is 8.53. The lowest BCUT2D eigenvalue weighted by atomic mass is 9.92. The molecule has 0 aliphatic rings. The van der Waals surface area contributed by atoms with Gasteiger partial charge in [-0.05, 0) is 48.6 Å². The summed E-state index contributed by atoms with van der Waals surface area (Å²) in [4.78, 5) is 10.2. The number of nitrogens with zero attached hydrogens (tertiary/aromatic N) is 4. The Morgan fingerprint density at radius 1 is 1.08 bits per heavy atom. The van der Waals surface area contributed by atoms with Crippen LogP contribution < -0.4 is 0 Å². The summed E-state index contributed by atoms with van der Waals surface area (Å²) in [6, 6.07) is 15.9. The standard InChI is InChI=1S/C18H18N4O2/c1-2-14(4-3-13-19)15-5-7-16(8-6-15)20-21-17-9-11-18(12-10-17)22(23)24/h5-12,14H,2-4H2,1H3. The van der Waals surface area contributed by atoms with Gasteiger partial charge in [0.1, 0.15) is 0 Å². The SMILES string of the molecule is CCC(CCC#N)c1ccc(N=Nc2ccc([N+](=O)[O-])cc2)cc1.